The van der Waals surface area contributed by atoms with Crippen molar-refractivity contribution in [2.24, 2.45) is 34.5 Å². The summed E-state index contributed by atoms with van der Waals surface area (Å²) in [6, 6.07) is 2.19. The maximum Gasteiger partial charge on any atom is 0.229 e. The number of fused-ring (bicyclic) bond motifs is 5. The lowest BCUT2D eigenvalue weighted by atomic mass is 9.51. The summed E-state index contributed by atoms with van der Waals surface area (Å²) in [6.07, 6.45) is 14.5. The van der Waals surface area contributed by atoms with Gasteiger partial charge in [-0.25, -0.2) is 0 Å². The molecule has 1 aromatic rings. The fraction of sp³-hybridized carbons (Fsp3) is 0.684. The van der Waals surface area contributed by atoms with Gasteiger partial charge in [-0.05, 0) is 92.8 Å². The Kier molecular flexibility index (Phi) is 7.86. The number of hydrogen-bond donors (Lipinski definition) is 1. The van der Waals surface area contributed by atoms with Gasteiger partial charge in [-0.15, -0.1) is 0 Å². The van der Waals surface area contributed by atoms with Gasteiger partial charge < -0.3 is 19.8 Å². The van der Waals surface area contributed by atoms with Crippen molar-refractivity contribution < 1.29 is 14.7 Å². The van der Waals surface area contributed by atoms with Crippen molar-refractivity contribution in [2.45, 2.75) is 71.8 Å². The molecule has 0 bridgehead atoms. The predicted octanol–water partition coefficient (Wildman–Crippen LogP) is 4.43. The van der Waals surface area contributed by atoms with E-state index in [1.807, 2.05) is 6.08 Å². The highest BCUT2D eigenvalue weighted by Gasteiger charge is 2.60. The van der Waals surface area contributed by atoms with Gasteiger partial charge in [0.2, 0.25) is 5.95 Å². The molecule has 1 unspecified atom stereocenters. The van der Waals surface area contributed by atoms with Crippen molar-refractivity contribution in [3.63, 3.8) is 0 Å². The Bertz CT molecular complexity index is 1480. The minimum Gasteiger partial charge on any atom is -0.389 e. The van der Waals surface area contributed by atoms with Crippen LogP contribution in [0.5, 0.6) is 0 Å². The van der Waals surface area contributed by atoms with E-state index in [1.54, 1.807) is 12.2 Å². The van der Waals surface area contributed by atoms with Gasteiger partial charge in [0.25, 0.3) is 0 Å². The van der Waals surface area contributed by atoms with Gasteiger partial charge in [0, 0.05) is 69.8 Å². The van der Waals surface area contributed by atoms with E-state index in [4.69, 9.17) is 9.97 Å². The van der Waals surface area contributed by atoms with Crippen LogP contribution in [-0.4, -0.2) is 96.5 Å². The van der Waals surface area contributed by atoms with Crippen molar-refractivity contribution >= 4 is 29.2 Å². The second-order valence-corrected chi connectivity index (χ2v) is 16.1. The van der Waals surface area contributed by atoms with Gasteiger partial charge in [-0.1, -0.05) is 31.6 Å². The number of nitrogens with zero attached hydrogens (tertiary/aromatic N) is 6. The highest BCUT2D eigenvalue weighted by Crippen LogP contribution is 2.65. The second-order valence-electron chi connectivity index (χ2n) is 16.1. The average Bonchev–Trinajstić information content (AvgIpc) is 3.83. The molecule has 0 spiro atoms. The summed E-state index contributed by atoms with van der Waals surface area (Å²) in [4.78, 5) is 46.1. The molecule has 252 valence electrons. The molecule has 7 atom stereocenters. The fourth-order valence-corrected chi connectivity index (χ4v) is 10.8. The van der Waals surface area contributed by atoms with E-state index in [0.717, 1.165) is 88.4 Å². The summed E-state index contributed by atoms with van der Waals surface area (Å²) < 4.78 is 0. The molecule has 1 aromatic heterocycles. The van der Waals surface area contributed by atoms with E-state index in [1.165, 1.54) is 31.3 Å². The third-order valence-corrected chi connectivity index (χ3v) is 13.2. The van der Waals surface area contributed by atoms with Crippen LogP contribution in [0.1, 0.15) is 65.7 Å². The Labute approximate surface area is 279 Å². The predicted molar refractivity (Wildman–Crippen MR) is 185 cm³/mol. The van der Waals surface area contributed by atoms with Crippen LogP contribution < -0.4 is 14.7 Å². The zero-order valence-corrected chi connectivity index (χ0v) is 28.5. The van der Waals surface area contributed by atoms with Gasteiger partial charge in [-0.3, -0.25) is 14.5 Å². The quantitative estimate of drug-likeness (QED) is 0.454. The highest BCUT2D eigenvalue weighted by molar-refractivity contribution is 6.01. The molecule has 9 nitrogen and oxygen atoms in total. The molecule has 0 radical (unpaired) electrons. The number of allylic oxidation sites excluding steroid dienone is 5. The number of piperazine rings is 1. The summed E-state index contributed by atoms with van der Waals surface area (Å²) in [5.41, 5.74) is 1.67. The van der Waals surface area contributed by atoms with Crippen LogP contribution >= 0.6 is 0 Å². The summed E-state index contributed by atoms with van der Waals surface area (Å²) in [7, 11) is 0. The largest absolute Gasteiger partial charge is 0.389 e. The molecule has 2 saturated carbocycles. The number of carbonyl (C=O) groups excluding carboxylic acids is 2. The maximum atomic E-state index is 14.3. The number of aromatic nitrogens is 2. The monoisotopic (exact) mass is 640 g/mol. The van der Waals surface area contributed by atoms with Crippen molar-refractivity contribution in [1.29, 1.82) is 0 Å². The molecule has 4 heterocycles. The summed E-state index contributed by atoms with van der Waals surface area (Å²) in [5, 5.41) is 11.3. The summed E-state index contributed by atoms with van der Waals surface area (Å²) in [5.74, 6) is 4.23. The molecule has 0 aromatic carbocycles. The normalized spacial score (nSPS) is 37.1. The Balaban J connectivity index is 0.955. The van der Waals surface area contributed by atoms with Crippen molar-refractivity contribution in [3.05, 3.63) is 41.5 Å². The Morgan fingerprint density at radius 2 is 1.53 bits per heavy atom. The molecule has 8 rings (SSSR count). The number of aliphatic hydroxyl groups excluding tert-OH is 1. The van der Waals surface area contributed by atoms with Gasteiger partial charge in [0.15, 0.2) is 11.6 Å². The van der Waals surface area contributed by atoms with Crippen LogP contribution in [-0.2, 0) is 9.59 Å². The summed E-state index contributed by atoms with van der Waals surface area (Å²) in [6.45, 7) is 14.9. The Morgan fingerprint density at radius 3 is 2.21 bits per heavy atom. The maximum absolute atomic E-state index is 14.3. The number of aliphatic hydroxyl groups is 1. The van der Waals surface area contributed by atoms with Gasteiger partial charge in [0.05, 0.1) is 12.6 Å². The highest BCUT2D eigenvalue weighted by atomic mass is 16.3. The van der Waals surface area contributed by atoms with Gasteiger partial charge in [-0.2, -0.15) is 9.97 Å². The smallest absolute Gasteiger partial charge is 0.229 e. The number of carbonyl (C=O) groups is 2. The number of hydrogen-bond acceptors (Lipinski definition) is 9. The second kappa shape index (κ2) is 11.8. The van der Waals surface area contributed by atoms with Crippen molar-refractivity contribution in [3.8, 4) is 0 Å². The molecule has 5 fully saturated rings. The third kappa shape index (κ3) is 5.27. The molecule has 0 amide bonds. The SMILES string of the molecule is C[C@@H]1C[C@H]2[C@@H]3CC(O)C4=CC(=O)C=C[C@]4(C)C3=CC[C@]2(C)[C@H]1C(=O)CN1CCN(c2cc(N3CCCC3)nc(N3CCCC3)n2)CC1. The van der Waals surface area contributed by atoms with Crippen LogP contribution in [0.15, 0.2) is 41.5 Å². The number of anilines is 3. The zero-order chi connectivity index (χ0) is 32.5. The topological polar surface area (TPSA) is 93.1 Å². The first-order valence-electron chi connectivity index (χ1n) is 18.4. The van der Waals surface area contributed by atoms with E-state index >= 15 is 0 Å². The molecule has 3 aliphatic heterocycles. The lowest BCUT2D eigenvalue weighted by Gasteiger charge is -2.53. The Morgan fingerprint density at radius 1 is 0.894 bits per heavy atom. The van der Waals surface area contributed by atoms with E-state index in [0.29, 0.717) is 30.6 Å². The average molecular weight is 641 g/mol. The minimum absolute atomic E-state index is 0.0154. The number of ketones is 2. The lowest BCUT2D eigenvalue weighted by molar-refractivity contribution is -0.129. The number of rotatable bonds is 6. The first-order chi connectivity index (χ1) is 22.6. The standard InChI is InChI=1S/C38H52N6O3/c1-25-20-29-27-22-31(46)30-21-26(45)8-10-37(30,2)28(27)9-11-38(29,3)35(25)32(47)24-41-16-18-43(19-17-41)34-23-33(42-12-4-5-13-42)39-36(40-34)44-14-6-7-15-44/h8-10,21,23,25,27,29,31,35,46H,4-7,11-20,22,24H2,1-3H3/t25-,27-,29+,31?,35-,37-,38+/m1/s1. The fourth-order valence-electron chi connectivity index (χ4n) is 10.8. The van der Waals surface area contributed by atoms with E-state index < -0.39 is 11.5 Å². The molecular weight excluding hydrogens is 588 g/mol. The molecule has 9 heteroatoms. The van der Waals surface area contributed by atoms with Crippen LogP contribution in [0.2, 0.25) is 0 Å². The van der Waals surface area contributed by atoms with E-state index in [2.05, 4.69) is 52.5 Å². The molecule has 4 aliphatic carbocycles. The molecule has 1 N–H and O–H groups in total. The first-order valence-corrected chi connectivity index (χ1v) is 18.4. The van der Waals surface area contributed by atoms with E-state index in [9.17, 15) is 14.7 Å². The van der Waals surface area contributed by atoms with Gasteiger partial charge >= 0.3 is 0 Å². The van der Waals surface area contributed by atoms with Gasteiger partial charge in [0.1, 0.15) is 11.6 Å². The van der Waals surface area contributed by atoms with E-state index in [-0.39, 0.29) is 23.0 Å². The first kappa shape index (κ1) is 31.2. The lowest BCUT2D eigenvalue weighted by Crippen LogP contribution is -2.51. The Hall–Kier alpha value is -3.04. The van der Waals surface area contributed by atoms with Crippen molar-refractivity contribution in [1.82, 2.24) is 14.9 Å². The summed E-state index contributed by atoms with van der Waals surface area (Å²) >= 11 is 0. The van der Waals surface area contributed by atoms with Crippen LogP contribution in [0.25, 0.3) is 0 Å². The van der Waals surface area contributed by atoms with Crippen molar-refractivity contribution in [2.75, 3.05) is 73.6 Å². The molecule has 47 heavy (non-hydrogen) atoms. The van der Waals surface area contributed by atoms with Crippen LogP contribution in [0, 0.1) is 34.5 Å². The van der Waals surface area contributed by atoms with Crippen LogP contribution in [0.4, 0.5) is 17.6 Å². The molecule has 3 saturated heterocycles. The molecule has 7 aliphatic rings. The molecular formula is C38H52N6O3. The zero-order valence-electron chi connectivity index (χ0n) is 28.5. The number of Topliss-reactive ketones (excluding diaryl/α,β-unsaturated/α-hetero) is 1. The minimum atomic E-state index is -0.618. The van der Waals surface area contributed by atoms with Crippen LogP contribution in [0.3, 0.4) is 0 Å². The third-order valence-electron chi connectivity index (χ3n) is 13.2.